The molecule has 0 unspecified atom stereocenters. The van der Waals surface area contributed by atoms with E-state index in [9.17, 15) is 19.8 Å². The number of Topliss-reactive ketones (excluding diaryl/α,β-unsaturated/α-hetero) is 1. The number of rotatable bonds is 3. The molecule has 0 radical (unpaired) electrons. The van der Waals surface area contributed by atoms with Crippen LogP contribution in [0.5, 0.6) is 11.5 Å². The van der Waals surface area contributed by atoms with Crippen LogP contribution < -0.4 is 0 Å². The van der Waals surface area contributed by atoms with E-state index in [4.69, 9.17) is 0 Å². The predicted molar refractivity (Wildman–Crippen MR) is 77.4 cm³/mol. The van der Waals surface area contributed by atoms with E-state index >= 15 is 0 Å². The second-order valence-electron chi connectivity index (χ2n) is 4.35. The molecule has 1 aromatic rings. The summed E-state index contributed by atoms with van der Waals surface area (Å²) in [7, 11) is 0. The molecule has 20 heavy (non-hydrogen) atoms. The van der Waals surface area contributed by atoms with Crippen LogP contribution in [0.25, 0.3) is 0 Å². The third-order valence-corrected chi connectivity index (χ3v) is 3.64. The van der Waals surface area contributed by atoms with Gasteiger partial charge < -0.3 is 10.2 Å². The first kappa shape index (κ1) is 14.3. The first-order chi connectivity index (χ1) is 9.45. The minimum atomic E-state index is -0.329. The highest BCUT2D eigenvalue weighted by Gasteiger charge is 2.15. The smallest absolute Gasteiger partial charge is 0.173 e. The summed E-state index contributed by atoms with van der Waals surface area (Å²) in [6.45, 7) is 1.73. The van der Waals surface area contributed by atoms with Crippen molar-refractivity contribution in [2.24, 2.45) is 4.99 Å². The zero-order chi connectivity index (χ0) is 14.7. The molecule has 1 aliphatic heterocycles. The maximum atomic E-state index is 11.9. The fourth-order valence-electron chi connectivity index (χ4n) is 1.71. The molecule has 2 rings (SSSR count). The van der Waals surface area contributed by atoms with Crippen molar-refractivity contribution in [3.8, 4) is 11.5 Å². The third-order valence-electron chi connectivity index (χ3n) is 2.66. The van der Waals surface area contributed by atoms with E-state index in [0.29, 0.717) is 16.3 Å². The molecule has 0 bridgehead atoms. The highest BCUT2D eigenvalue weighted by molar-refractivity contribution is 8.14. The molecule has 0 saturated heterocycles. The maximum absolute atomic E-state index is 11.9. The molecule has 1 aliphatic rings. The van der Waals surface area contributed by atoms with Crippen molar-refractivity contribution in [3.05, 3.63) is 35.5 Å². The molecule has 104 valence electrons. The van der Waals surface area contributed by atoms with E-state index in [1.807, 2.05) is 0 Å². The van der Waals surface area contributed by atoms with Gasteiger partial charge in [-0.3, -0.25) is 14.6 Å². The Labute approximate surface area is 120 Å². The lowest BCUT2D eigenvalue weighted by Crippen LogP contribution is -2.11. The van der Waals surface area contributed by atoms with Gasteiger partial charge in [0.05, 0.1) is 17.2 Å². The van der Waals surface area contributed by atoms with Gasteiger partial charge in [-0.25, -0.2) is 0 Å². The van der Waals surface area contributed by atoms with Crippen LogP contribution in [0.1, 0.15) is 23.7 Å². The Hall–Kier alpha value is -2.08. The summed E-state index contributed by atoms with van der Waals surface area (Å²) in [5, 5.41) is 19.2. The molecule has 0 fully saturated rings. The van der Waals surface area contributed by atoms with E-state index in [2.05, 4.69) is 4.99 Å². The fourth-order valence-corrected chi connectivity index (χ4v) is 2.63. The Kier molecular flexibility index (Phi) is 4.24. The summed E-state index contributed by atoms with van der Waals surface area (Å²) >= 11 is 1.21. The first-order valence-electron chi connectivity index (χ1n) is 5.92. The average Bonchev–Trinajstić information content (AvgIpc) is 2.38. The molecular formula is C14H13NO4S. The van der Waals surface area contributed by atoms with Gasteiger partial charge in [-0.2, -0.15) is 0 Å². The normalized spacial score (nSPS) is 14.8. The van der Waals surface area contributed by atoms with Crippen molar-refractivity contribution < 1.29 is 19.8 Å². The van der Waals surface area contributed by atoms with Gasteiger partial charge in [0.15, 0.2) is 23.1 Å². The highest BCUT2D eigenvalue weighted by Crippen LogP contribution is 2.26. The zero-order valence-electron chi connectivity index (χ0n) is 10.8. The van der Waals surface area contributed by atoms with Crippen LogP contribution in [0.3, 0.4) is 0 Å². The largest absolute Gasteiger partial charge is 0.504 e. The number of aromatic hydroxyl groups is 2. The Morgan fingerprint density at radius 2 is 2.10 bits per heavy atom. The highest BCUT2D eigenvalue weighted by atomic mass is 32.2. The number of carbonyl (C=O) groups is 2. The predicted octanol–water partition coefficient (Wildman–Crippen LogP) is 2.29. The van der Waals surface area contributed by atoms with E-state index in [1.54, 1.807) is 6.92 Å². The number of thioether (sulfide) groups is 1. The lowest BCUT2D eigenvalue weighted by molar-refractivity contribution is -0.113. The standard InChI is InChI=1S/C14H13NO4S/c1-8-4-10(16)6-14(15-8)20-7-13(19)9-2-3-11(17)12(18)5-9/h2-5,17-18H,6-7H2,1H3. The molecule has 0 aliphatic carbocycles. The number of ketones is 2. The van der Waals surface area contributed by atoms with Gasteiger partial charge >= 0.3 is 0 Å². The van der Waals surface area contributed by atoms with Gasteiger partial charge in [-0.15, -0.1) is 11.8 Å². The van der Waals surface area contributed by atoms with Crippen LogP contribution in [0.2, 0.25) is 0 Å². The van der Waals surface area contributed by atoms with Gasteiger partial charge in [0.2, 0.25) is 0 Å². The Morgan fingerprint density at radius 3 is 2.75 bits per heavy atom. The van der Waals surface area contributed by atoms with E-state index in [0.717, 1.165) is 0 Å². The summed E-state index contributed by atoms with van der Waals surface area (Å²) in [4.78, 5) is 27.5. The lowest BCUT2D eigenvalue weighted by Gasteiger charge is -2.09. The number of phenolic OH excluding ortho intramolecular Hbond substituents is 2. The summed E-state index contributed by atoms with van der Waals surface area (Å²) in [5.74, 6) is -0.687. The Bertz CT molecular complexity index is 634. The number of aliphatic imine (C=N–C) groups is 1. The molecule has 0 atom stereocenters. The summed E-state index contributed by atoms with van der Waals surface area (Å²) in [5.41, 5.74) is 0.946. The van der Waals surface area contributed by atoms with E-state index < -0.39 is 0 Å². The molecule has 1 heterocycles. The molecular weight excluding hydrogens is 278 g/mol. The summed E-state index contributed by atoms with van der Waals surface area (Å²) < 4.78 is 0. The number of allylic oxidation sites excluding steroid dienone is 2. The van der Waals surface area contributed by atoms with Crippen molar-refractivity contribution in [3.63, 3.8) is 0 Å². The van der Waals surface area contributed by atoms with Gasteiger partial charge in [-0.05, 0) is 25.1 Å². The lowest BCUT2D eigenvalue weighted by atomic mass is 10.1. The molecule has 0 spiro atoms. The minimum Gasteiger partial charge on any atom is -0.504 e. The van der Waals surface area contributed by atoms with Crippen LogP contribution >= 0.6 is 11.8 Å². The van der Waals surface area contributed by atoms with Crippen LogP contribution in [0, 0.1) is 0 Å². The van der Waals surface area contributed by atoms with Gasteiger partial charge in [-0.1, -0.05) is 0 Å². The SMILES string of the molecule is CC1=CC(=O)CC(SCC(=O)c2ccc(O)c(O)c2)=N1. The number of nitrogens with zero attached hydrogens (tertiary/aromatic N) is 1. The van der Waals surface area contributed by atoms with Gasteiger partial charge in [0.25, 0.3) is 0 Å². The number of carbonyl (C=O) groups excluding carboxylic acids is 2. The van der Waals surface area contributed by atoms with Crippen LogP contribution in [0.4, 0.5) is 0 Å². The van der Waals surface area contributed by atoms with Crippen molar-refractivity contribution in [1.29, 1.82) is 0 Å². The zero-order valence-corrected chi connectivity index (χ0v) is 11.6. The van der Waals surface area contributed by atoms with Gasteiger partial charge in [0.1, 0.15) is 0 Å². The Morgan fingerprint density at radius 1 is 1.35 bits per heavy atom. The molecule has 2 N–H and O–H groups in total. The fraction of sp³-hybridized carbons (Fsp3) is 0.214. The second kappa shape index (κ2) is 5.92. The number of benzene rings is 1. The van der Waals surface area contributed by atoms with Crippen LogP contribution in [-0.4, -0.2) is 32.6 Å². The number of hydrogen-bond donors (Lipinski definition) is 2. The topological polar surface area (TPSA) is 87.0 Å². The molecule has 0 saturated carbocycles. The van der Waals surface area contributed by atoms with Crippen LogP contribution in [-0.2, 0) is 4.79 Å². The quantitative estimate of drug-likeness (QED) is 0.659. The molecule has 6 heteroatoms. The van der Waals surface area contributed by atoms with Gasteiger partial charge in [0, 0.05) is 17.3 Å². The van der Waals surface area contributed by atoms with E-state index in [-0.39, 0.29) is 35.2 Å². The number of phenols is 2. The average molecular weight is 291 g/mol. The van der Waals surface area contributed by atoms with Crippen molar-refractivity contribution in [2.45, 2.75) is 13.3 Å². The summed E-state index contributed by atoms with van der Waals surface area (Å²) in [6, 6.07) is 3.93. The third kappa shape index (κ3) is 3.48. The molecule has 0 aromatic heterocycles. The minimum absolute atomic E-state index is 0.0188. The monoisotopic (exact) mass is 291 g/mol. The molecule has 5 nitrogen and oxygen atoms in total. The van der Waals surface area contributed by atoms with E-state index in [1.165, 1.54) is 36.0 Å². The van der Waals surface area contributed by atoms with Crippen molar-refractivity contribution in [2.75, 3.05) is 5.75 Å². The Balaban J connectivity index is 2.00. The second-order valence-corrected chi connectivity index (χ2v) is 5.40. The van der Waals surface area contributed by atoms with Crippen molar-refractivity contribution in [1.82, 2.24) is 0 Å². The first-order valence-corrected chi connectivity index (χ1v) is 6.91. The molecule has 1 aromatic carbocycles. The summed E-state index contributed by atoms with van der Waals surface area (Å²) in [6.07, 6.45) is 1.69. The van der Waals surface area contributed by atoms with Crippen molar-refractivity contribution >= 4 is 28.4 Å². The molecule has 0 amide bonds. The number of hydrogen-bond acceptors (Lipinski definition) is 6. The maximum Gasteiger partial charge on any atom is 0.173 e. The van der Waals surface area contributed by atoms with Crippen LogP contribution in [0.15, 0.2) is 35.0 Å².